The van der Waals surface area contributed by atoms with Crippen LogP contribution in [-0.4, -0.2) is 37.0 Å². The third-order valence-corrected chi connectivity index (χ3v) is 8.15. The van der Waals surface area contributed by atoms with Crippen LogP contribution in [0.4, 0.5) is 10.1 Å². The molecule has 1 saturated heterocycles. The minimum absolute atomic E-state index is 0.0625. The largest absolute Gasteiger partial charge is 0.501 e. The summed E-state index contributed by atoms with van der Waals surface area (Å²) in [5.74, 6) is -1.31. The van der Waals surface area contributed by atoms with E-state index in [0.29, 0.717) is 29.1 Å². The van der Waals surface area contributed by atoms with E-state index in [1.807, 2.05) is 12.1 Å². The van der Waals surface area contributed by atoms with Gasteiger partial charge in [-0.1, -0.05) is 62.2 Å². The van der Waals surface area contributed by atoms with Gasteiger partial charge in [-0.25, -0.2) is 4.39 Å². The SMILES string of the molecule is COC1=CC(NC(=O)C2NC(CC(C)(C)C)C3(C(=O)Nc4cc(Cl)ccc43)C2c2cccc(Cl)c2F)C1. The summed E-state index contributed by atoms with van der Waals surface area (Å²) >= 11 is 12.5. The summed E-state index contributed by atoms with van der Waals surface area (Å²) in [7, 11) is 1.59. The number of fused-ring (bicyclic) bond motifs is 2. The predicted octanol–water partition coefficient (Wildman–Crippen LogP) is 5.30. The van der Waals surface area contributed by atoms with Crippen molar-refractivity contribution in [1.29, 1.82) is 0 Å². The Morgan fingerprint density at radius 3 is 2.65 bits per heavy atom. The molecule has 196 valence electrons. The molecule has 2 aromatic carbocycles. The zero-order valence-electron chi connectivity index (χ0n) is 21.1. The van der Waals surface area contributed by atoms with Crippen molar-refractivity contribution >= 4 is 40.7 Å². The van der Waals surface area contributed by atoms with Crippen LogP contribution in [0.15, 0.2) is 48.2 Å². The first-order valence-corrected chi connectivity index (χ1v) is 13.1. The number of carbonyl (C=O) groups excluding carboxylic acids is 2. The summed E-state index contributed by atoms with van der Waals surface area (Å²) in [6, 6.07) is 8.39. The zero-order valence-corrected chi connectivity index (χ0v) is 22.6. The van der Waals surface area contributed by atoms with Crippen molar-refractivity contribution in [2.75, 3.05) is 12.4 Å². The Balaban J connectivity index is 1.69. The van der Waals surface area contributed by atoms with Crippen LogP contribution >= 0.6 is 23.2 Å². The number of ether oxygens (including phenoxy) is 1. The second kappa shape index (κ2) is 9.29. The van der Waals surface area contributed by atoms with Gasteiger partial charge in [-0.05, 0) is 47.2 Å². The van der Waals surface area contributed by atoms with Gasteiger partial charge in [0, 0.05) is 29.1 Å². The molecule has 0 aromatic heterocycles. The zero-order chi connectivity index (χ0) is 26.7. The Hall–Kier alpha value is -2.61. The number of amides is 2. The third-order valence-electron chi connectivity index (χ3n) is 7.62. The molecule has 1 fully saturated rings. The maximum atomic E-state index is 15.7. The molecule has 6 nitrogen and oxygen atoms in total. The van der Waals surface area contributed by atoms with E-state index in [2.05, 4.69) is 36.7 Å². The van der Waals surface area contributed by atoms with Gasteiger partial charge in [0.15, 0.2) is 0 Å². The average molecular weight is 546 g/mol. The maximum Gasteiger partial charge on any atom is 0.238 e. The first-order valence-electron chi connectivity index (χ1n) is 12.3. The van der Waals surface area contributed by atoms with E-state index in [1.165, 1.54) is 6.07 Å². The summed E-state index contributed by atoms with van der Waals surface area (Å²) in [4.78, 5) is 27.9. The van der Waals surface area contributed by atoms with Gasteiger partial charge in [0.25, 0.3) is 0 Å². The number of nitrogens with one attached hydrogen (secondary N) is 3. The number of hydrogen-bond acceptors (Lipinski definition) is 4. The number of benzene rings is 2. The highest BCUT2D eigenvalue weighted by Crippen LogP contribution is 2.57. The van der Waals surface area contributed by atoms with Gasteiger partial charge < -0.3 is 20.7 Å². The summed E-state index contributed by atoms with van der Waals surface area (Å²) in [5, 5.41) is 9.89. The van der Waals surface area contributed by atoms with E-state index in [1.54, 1.807) is 31.4 Å². The minimum Gasteiger partial charge on any atom is -0.501 e. The number of carbonyl (C=O) groups is 2. The van der Waals surface area contributed by atoms with E-state index in [0.717, 1.165) is 5.76 Å². The smallest absolute Gasteiger partial charge is 0.238 e. The second-order valence-electron chi connectivity index (χ2n) is 11.3. The normalized spacial score (nSPS) is 28.4. The lowest BCUT2D eigenvalue weighted by atomic mass is 9.62. The van der Waals surface area contributed by atoms with Gasteiger partial charge in [0.1, 0.15) is 11.2 Å². The lowest BCUT2D eigenvalue weighted by Crippen LogP contribution is -2.50. The molecule has 5 atom stereocenters. The van der Waals surface area contributed by atoms with Crippen molar-refractivity contribution in [3.63, 3.8) is 0 Å². The summed E-state index contributed by atoms with van der Waals surface area (Å²) in [5.41, 5.74) is 0.00377. The van der Waals surface area contributed by atoms with Crippen LogP contribution in [0.3, 0.4) is 0 Å². The lowest BCUT2D eigenvalue weighted by Gasteiger charge is -2.38. The van der Waals surface area contributed by atoms with Crippen molar-refractivity contribution < 1.29 is 18.7 Å². The van der Waals surface area contributed by atoms with Gasteiger partial charge in [-0.2, -0.15) is 0 Å². The monoisotopic (exact) mass is 545 g/mol. The van der Waals surface area contributed by atoms with Crippen LogP contribution in [0.2, 0.25) is 10.0 Å². The molecule has 2 aliphatic heterocycles. The molecule has 5 rings (SSSR count). The molecule has 2 aromatic rings. The van der Waals surface area contributed by atoms with Crippen LogP contribution in [0, 0.1) is 11.2 Å². The van der Waals surface area contributed by atoms with Crippen LogP contribution in [0.25, 0.3) is 0 Å². The van der Waals surface area contributed by atoms with Gasteiger partial charge in [-0.15, -0.1) is 0 Å². The van der Waals surface area contributed by atoms with Crippen molar-refractivity contribution in [3.05, 3.63) is 75.2 Å². The standard InChI is InChI=1S/C28H30Cl2FN3O3/c1-27(2,3)13-21-28(18-9-8-14(29)10-20(18)33-26(28)36)22(17-6-5-7-19(30)23(17)31)24(34-21)25(35)32-15-11-16(12-15)37-4/h5-11,15,21-22,24,34H,12-13H2,1-4H3,(H,32,35)(H,33,36). The first kappa shape index (κ1) is 26.0. The molecule has 3 aliphatic rings. The van der Waals surface area contributed by atoms with Crippen molar-refractivity contribution in [3.8, 4) is 0 Å². The molecule has 5 unspecified atom stereocenters. The molecule has 2 amide bonds. The minimum atomic E-state index is -1.27. The highest BCUT2D eigenvalue weighted by Gasteiger charge is 2.66. The summed E-state index contributed by atoms with van der Waals surface area (Å²) < 4.78 is 20.9. The molecule has 9 heteroatoms. The number of hydrogen-bond donors (Lipinski definition) is 3. The van der Waals surface area contributed by atoms with Crippen LogP contribution in [-0.2, 0) is 19.7 Å². The van der Waals surface area contributed by atoms with Crippen LogP contribution in [0.1, 0.15) is 50.7 Å². The average Bonchev–Trinajstić information content (AvgIpc) is 3.26. The van der Waals surface area contributed by atoms with E-state index in [-0.39, 0.29) is 33.9 Å². The summed E-state index contributed by atoms with van der Waals surface area (Å²) in [6.07, 6.45) is 2.97. The molecular weight excluding hydrogens is 516 g/mol. The third kappa shape index (κ3) is 4.31. The van der Waals surface area contributed by atoms with E-state index in [9.17, 15) is 9.59 Å². The molecule has 1 spiro atoms. The molecule has 1 aliphatic carbocycles. The molecule has 3 N–H and O–H groups in total. The second-order valence-corrected chi connectivity index (χ2v) is 12.1. The Kier molecular flexibility index (Phi) is 6.54. The molecule has 0 saturated carbocycles. The molecular formula is C28H30Cl2FN3O3. The number of halogens is 3. The quantitative estimate of drug-likeness (QED) is 0.476. The van der Waals surface area contributed by atoms with E-state index < -0.39 is 29.2 Å². The Bertz CT molecular complexity index is 1310. The Labute approximate surface area is 225 Å². The van der Waals surface area contributed by atoms with Crippen LogP contribution in [0.5, 0.6) is 0 Å². The highest BCUT2D eigenvalue weighted by atomic mass is 35.5. The van der Waals surface area contributed by atoms with Gasteiger partial charge >= 0.3 is 0 Å². The Morgan fingerprint density at radius 1 is 1.24 bits per heavy atom. The lowest BCUT2D eigenvalue weighted by molar-refractivity contribution is -0.124. The Morgan fingerprint density at radius 2 is 1.97 bits per heavy atom. The maximum absolute atomic E-state index is 15.7. The number of methoxy groups -OCH3 is 1. The van der Waals surface area contributed by atoms with E-state index >= 15 is 4.39 Å². The van der Waals surface area contributed by atoms with Gasteiger partial charge in [-0.3, -0.25) is 9.59 Å². The van der Waals surface area contributed by atoms with E-state index in [4.69, 9.17) is 27.9 Å². The molecule has 0 radical (unpaired) electrons. The van der Waals surface area contributed by atoms with Crippen molar-refractivity contribution in [2.24, 2.45) is 5.41 Å². The topological polar surface area (TPSA) is 79.5 Å². The molecule has 0 bridgehead atoms. The van der Waals surface area contributed by atoms with Crippen molar-refractivity contribution in [1.82, 2.24) is 10.6 Å². The number of anilines is 1. The van der Waals surface area contributed by atoms with Gasteiger partial charge in [0.05, 0.1) is 30.0 Å². The fraction of sp³-hybridized carbons (Fsp3) is 0.429. The van der Waals surface area contributed by atoms with Crippen LogP contribution < -0.4 is 16.0 Å². The summed E-state index contributed by atoms with van der Waals surface area (Å²) in [6.45, 7) is 6.23. The fourth-order valence-electron chi connectivity index (χ4n) is 6.08. The van der Waals surface area contributed by atoms with Crippen molar-refractivity contribution in [2.45, 2.75) is 63.1 Å². The highest BCUT2D eigenvalue weighted by molar-refractivity contribution is 6.31. The fourth-order valence-corrected chi connectivity index (χ4v) is 6.43. The first-order chi connectivity index (χ1) is 17.5. The molecule has 2 heterocycles. The van der Waals surface area contributed by atoms with Gasteiger partial charge in [0.2, 0.25) is 11.8 Å². The number of rotatable bonds is 5. The molecule has 37 heavy (non-hydrogen) atoms. The predicted molar refractivity (Wildman–Crippen MR) is 142 cm³/mol.